The normalized spacial score (nSPS) is 12.9. The lowest BCUT2D eigenvalue weighted by atomic mass is 9.99. The molecule has 0 amide bonds. The van der Waals surface area contributed by atoms with E-state index in [0.29, 0.717) is 0 Å². The Hall–Kier alpha value is -3.13. The molecule has 0 unspecified atom stereocenters. The van der Waals surface area contributed by atoms with Gasteiger partial charge in [0.2, 0.25) is 4.96 Å². The van der Waals surface area contributed by atoms with Gasteiger partial charge in [0, 0.05) is 30.7 Å². The molecule has 0 N–H and O–H groups in total. The third-order valence-corrected chi connectivity index (χ3v) is 5.71. The van der Waals surface area contributed by atoms with Gasteiger partial charge < -0.3 is 0 Å². The molecule has 0 radical (unpaired) electrons. The van der Waals surface area contributed by atoms with Crippen molar-refractivity contribution in [1.82, 2.24) is 34.6 Å². The molecule has 0 bridgehead atoms. The Labute approximate surface area is 159 Å². The number of benzene rings is 1. The largest absolute Gasteiger partial charge is 0.275 e. The van der Waals surface area contributed by atoms with E-state index in [2.05, 4.69) is 45.4 Å². The van der Waals surface area contributed by atoms with Crippen LogP contribution in [0.3, 0.4) is 0 Å². The van der Waals surface area contributed by atoms with Crippen LogP contribution in [0.4, 0.5) is 0 Å². The average molecular weight is 375 g/mol. The van der Waals surface area contributed by atoms with Crippen LogP contribution in [0.1, 0.15) is 29.9 Å². The van der Waals surface area contributed by atoms with Crippen LogP contribution in [0.5, 0.6) is 0 Å². The van der Waals surface area contributed by atoms with Crippen molar-refractivity contribution < 1.29 is 0 Å². The Bertz CT molecular complexity index is 1280. The van der Waals surface area contributed by atoms with Crippen LogP contribution in [-0.2, 0) is 7.05 Å². The highest BCUT2D eigenvalue weighted by atomic mass is 32.1. The number of fused-ring (bicyclic) bond motifs is 2. The molecule has 0 aliphatic heterocycles. The molecular formula is C19H17N7S. The minimum Gasteiger partial charge on any atom is -0.275 e. The SMILES string of the molecule is Cc1nn(C)cc1-c1nn2c([C@@H](C)c3ccc4ncccc4c3)nnc2s1. The first-order valence-corrected chi connectivity index (χ1v) is 9.49. The number of aromatic nitrogens is 7. The molecule has 4 aromatic heterocycles. The van der Waals surface area contributed by atoms with Crippen molar-refractivity contribution in [3.05, 3.63) is 59.8 Å². The van der Waals surface area contributed by atoms with Gasteiger partial charge in [0.25, 0.3) is 0 Å². The molecule has 0 saturated heterocycles. The number of aryl methyl sites for hydroxylation is 2. The molecule has 0 saturated carbocycles. The molecule has 5 rings (SSSR count). The van der Waals surface area contributed by atoms with Gasteiger partial charge in [0.1, 0.15) is 0 Å². The Balaban J connectivity index is 1.58. The van der Waals surface area contributed by atoms with E-state index in [9.17, 15) is 0 Å². The zero-order valence-electron chi connectivity index (χ0n) is 15.2. The lowest BCUT2D eigenvalue weighted by Crippen LogP contribution is -2.03. The molecule has 0 spiro atoms. The summed E-state index contributed by atoms with van der Waals surface area (Å²) in [4.78, 5) is 5.18. The number of hydrogen-bond acceptors (Lipinski definition) is 6. The highest BCUT2D eigenvalue weighted by Crippen LogP contribution is 2.31. The summed E-state index contributed by atoms with van der Waals surface area (Å²) in [5, 5.41) is 19.9. The Kier molecular flexibility index (Phi) is 3.54. The van der Waals surface area contributed by atoms with E-state index in [4.69, 9.17) is 5.10 Å². The van der Waals surface area contributed by atoms with Gasteiger partial charge in [-0.25, -0.2) is 0 Å². The maximum atomic E-state index is 4.77. The van der Waals surface area contributed by atoms with Crippen LogP contribution in [-0.4, -0.2) is 34.6 Å². The first kappa shape index (κ1) is 16.1. The first-order chi connectivity index (χ1) is 13.1. The van der Waals surface area contributed by atoms with Gasteiger partial charge in [-0.05, 0) is 30.7 Å². The smallest absolute Gasteiger partial charge is 0.235 e. The predicted octanol–water partition coefficient (Wildman–Crippen LogP) is 3.59. The Morgan fingerprint density at radius 3 is 2.81 bits per heavy atom. The van der Waals surface area contributed by atoms with Gasteiger partial charge in [-0.2, -0.15) is 14.7 Å². The first-order valence-electron chi connectivity index (χ1n) is 8.67. The minimum absolute atomic E-state index is 0.0644. The summed E-state index contributed by atoms with van der Waals surface area (Å²) in [5.74, 6) is 0.895. The van der Waals surface area contributed by atoms with Crippen molar-refractivity contribution in [3.63, 3.8) is 0 Å². The van der Waals surface area contributed by atoms with E-state index in [0.717, 1.165) is 43.5 Å². The number of pyridine rings is 1. The van der Waals surface area contributed by atoms with E-state index >= 15 is 0 Å². The lowest BCUT2D eigenvalue weighted by Gasteiger charge is -2.10. The van der Waals surface area contributed by atoms with Crippen molar-refractivity contribution >= 4 is 27.2 Å². The molecule has 0 aliphatic rings. The number of nitrogens with zero attached hydrogens (tertiary/aromatic N) is 7. The fraction of sp³-hybridized carbons (Fsp3) is 0.211. The molecule has 27 heavy (non-hydrogen) atoms. The van der Waals surface area contributed by atoms with Crippen LogP contribution in [0.15, 0.2) is 42.7 Å². The molecule has 1 atom stereocenters. The summed E-state index contributed by atoms with van der Waals surface area (Å²) in [7, 11) is 1.92. The van der Waals surface area contributed by atoms with Crippen LogP contribution in [0, 0.1) is 6.92 Å². The average Bonchev–Trinajstić information content (AvgIpc) is 3.34. The molecule has 134 valence electrons. The van der Waals surface area contributed by atoms with Crippen LogP contribution >= 0.6 is 11.3 Å². The lowest BCUT2D eigenvalue weighted by molar-refractivity contribution is 0.756. The summed E-state index contributed by atoms with van der Waals surface area (Å²) in [6, 6.07) is 10.3. The maximum absolute atomic E-state index is 4.77. The van der Waals surface area contributed by atoms with Gasteiger partial charge >= 0.3 is 0 Å². The highest BCUT2D eigenvalue weighted by Gasteiger charge is 2.20. The third-order valence-electron chi connectivity index (χ3n) is 4.77. The topological polar surface area (TPSA) is 73.8 Å². The van der Waals surface area contributed by atoms with E-state index in [1.807, 2.05) is 43.0 Å². The summed E-state index contributed by atoms with van der Waals surface area (Å²) < 4.78 is 3.66. The van der Waals surface area contributed by atoms with Gasteiger partial charge in [-0.15, -0.1) is 10.2 Å². The van der Waals surface area contributed by atoms with Gasteiger partial charge in [-0.3, -0.25) is 9.67 Å². The van der Waals surface area contributed by atoms with E-state index in [-0.39, 0.29) is 5.92 Å². The van der Waals surface area contributed by atoms with E-state index in [1.54, 1.807) is 4.68 Å². The second-order valence-electron chi connectivity index (χ2n) is 6.64. The quantitative estimate of drug-likeness (QED) is 0.482. The molecule has 4 heterocycles. The van der Waals surface area contributed by atoms with Crippen LogP contribution < -0.4 is 0 Å². The molecule has 0 fully saturated rings. The van der Waals surface area contributed by atoms with Gasteiger partial charge in [0.05, 0.1) is 16.8 Å². The third kappa shape index (κ3) is 2.60. The van der Waals surface area contributed by atoms with Crippen molar-refractivity contribution in [2.24, 2.45) is 7.05 Å². The summed E-state index contributed by atoms with van der Waals surface area (Å²) in [6.07, 6.45) is 3.80. The van der Waals surface area contributed by atoms with Crippen LogP contribution in [0.2, 0.25) is 0 Å². The Morgan fingerprint density at radius 2 is 2.00 bits per heavy atom. The van der Waals surface area contributed by atoms with Crippen molar-refractivity contribution in [1.29, 1.82) is 0 Å². The molecule has 8 heteroatoms. The second-order valence-corrected chi connectivity index (χ2v) is 7.59. The summed E-state index contributed by atoms with van der Waals surface area (Å²) in [6.45, 7) is 4.12. The van der Waals surface area contributed by atoms with Gasteiger partial charge in [0.15, 0.2) is 10.8 Å². The molecular weight excluding hydrogens is 358 g/mol. The van der Waals surface area contributed by atoms with Crippen molar-refractivity contribution in [2.45, 2.75) is 19.8 Å². The Morgan fingerprint density at radius 1 is 1.11 bits per heavy atom. The van der Waals surface area contributed by atoms with Crippen molar-refractivity contribution in [2.75, 3.05) is 0 Å². The van der Waals surface area contributed by atoms with Gasteiger partial charge in [-0.1, -0.05) is 30.4 Å². The molecule has 5 aromatic rings. The summed E-state index contributed by atoms with van der Waals surface area (Å²) in [5.41, 5.74) is 4.14. The fourth-order valence-electron chi connectivity index (χ4n) is 3.33. The van der Waals surface area contributed by atoms with E-state index in [1.165, 1.54) is 11.3 Å². The second kappa shape index (κ2) is 5.95. The molecule has 1 aromatic carbocycles. The predicted molar refractivity (Wildman–Crippen MR) is 105 cm³/mol. The highest BCUT2D eigenvalue weighted by molar-refractivity contribution is 7.19. The molecule has 0 aliphatic carbocycles. The zero-order valence-corrected chi connectivity index (χ0v) is 16.0. The summed E-state index contributed by atoms with van der Waals surface area (Å²) >= 11 is 1.53. The minimum atomic E-state index is 0.0644. The molecule has 7 nitrogen and oxygen atoms in total. The van der Waals surface area contributed by atoms with Crippen molar-refractivity contribution in [3.8, 4) is 10.6 Å². The fourth-order valence-corrected chi connectivity index (χ4v) is 4.24. The van der Waals surface area contributed by atoms with E-state index < -0.39 is 0 Å². The van der Waals surface area contributed by atoms with Crippen LogP contribution in [0.25, 0.3) is 26.4 Å². The zero-order chi connectivity index (χ0) is 18.5. The standard InChI is InChI=1S/C19H17N7S/c1-11(13-6-7-16-14(9-13)5-4-8-20-16)17-21-22-19-26(17)24-18(27-19)15-10-25(3)23-12(15)2/h4-11H,1-3H3/t11-/m0/s1. The monoisotopic (exact) mass is 375 g/mol. The number of rotatable bonds is 3. The number of hydrogen-bond donors (Lipinski definition) is 0. The maximum Gasteiger partial charge on any atom is 0.235 e.